The van der Waals surface area contributed by atoms with E-state index >= 15 is 0 Å². The number of nitrogens with one attached hydrogen (secondary N) is 1. The van der Waals surface area contributed by atoms with Crippen molar-refractivity contribution in [1.29, 1.82) is 0 Å². The van der Waals surface area contributed by atoms with E-state index in [9.17, 15) is 0 Å². The zero-order valence-corrected chi connectivity index (χ0v) is 10.5. The van der Waals surface area contributed by atoms with Gasteiger partial charge in [-0.2, -0.15) is 5.10 Å². The van der Waals surface area contributed by atoms with Crippen molar-refractivity contribution in [3.8, 4) is 0 Å². The average molecular weight is 230 g/mol. The monoisotopic (exact) mass is 230 g/mol. The predicted octanol–water partition coefficient (Wildman–Crippen LogP) is 2.62. The second-order valence-electron chi connectivity index (χ2n) is 4.13. The van der Waals surface area contributed by atoms with Crippen LogP contribution in [0.1, 0.15) is 18.2 Å². The fourth-order valence-corrected chi connectivity index (χ4v) is 1.85. The summed E-state index contributed by atoms with van der Waals surface area (Å²) in [5, 5.41) is 7.72. The Hall–Kier alpha value is -1.97. The fourth-order valence-electron chi connectivity index (χ4n) is 1.85. The van der Waals surface area contributed by atoms with Gasteiger partial charge in [-0.25, -0.2) is 0 Å². The number of rotatable bonds is 3. The van der Waals surface area contributed by atoms with E-state index in [2.05, 4.69) is 30.3 Å². The van der Waals surface area contributed by atoms with Crippen molar-refractivity contribution in [2.24, 2.45) is 7.05 Å². The highest BCUT2D eigenvalue weighted by Gasteiger charge is 2.12. The summed E-state index contributed by atoms with van der Waals surface area (Å²) in [5.41, 5.74) is 9.98. The van der Waals surface area contributed by atoms with E-state index in [4.69, 9.17) is 5.73 Å². The Labute approximate surface area is 101 Å². The third kappa shape index (κ3) is 2.11. The van der Waals surface area contributed by atoms with Gasteiger partial charge >= 0.3 is 0 Å². The third-order valence-electron chi connectivity index (χ3n) is 2.89. The van der Waals surface area contributed by atoms with Gasteiger partial charge in [-0.15, -0.1) is 0 Å². The maximum absolute atomic E-state index is 6.07. The predicted molar refractivity (Wildman–Crippen MR) is 71.5 cm³/mol. The molecular weight excluding hydrogens is 212 g/mol. The Balaban J connectivity index is 2.37. The van der Waals surface area contributed by atoms with Gasteiger partial charge in [0.05, 0.1) is 11.4 Å². The van der Waals surface area contributed by atoms with E-state index in [0.29, 0.717) is 0 Å². The summed E-state index contributed by atoms with van der Waals surface area (Å²) in [7, 11) is 1.90. The molecule has 1 aromatic heterocycles. The van der Waals surface area contributed by atoms with E-state index in [-0.39, 0.29) is 0 Å². The molecule has 0 spiro atoms. The molecule has 90 valence electrons. The Kier molecular flexibility index (Phi) is 3.04. The minimum Gasteiger partial charge on any atom is -0.394 e. The minimum absolute atomic E-state index is 0.734. The molecule has 0 atom stereocenters. The van der Waals surface area contributed by atoms with Gasteiger partial charge in [0.1, 0.15) is 0 Å². The first-order chi connectivity index (χ1) is 8.13. The molecule has 4 heteroatoms. The summed E-state index contributed by atoms with van der Waals surface area (Å²) in [4.78, 5) is 0. The van der Waals surface area contributed by atoms with Gasteiger partial charge < -0.3 is 11.1 Å². The van der Waals surface area contributed by atoms with Gasteiger partial charge in [0, 0.05) is 12.7 Å². The SMILES string of the molecule is CCc1nn(C)c(Nc2ccccc2C)c1N. The van der Waals surface area contributed by atoms with Crippen molar-refractivity contribution >= 4 is 17.2 Å². The van der Waals surface area contributed by atoms with E-state index in [1.54, 1.807) is 4.68 Å². The van der Waals surface area contributed by atoms with Gasteiger partial charge in [-0.05, 0) is 25.0 Å². The van der Waals surface area contributed by atoms with Crippen LogP contribution in [-0.2, 0) is 13.5 Å². The average Bonchev–Trinajstić information content (AvgIpc) is 2.59. The number of hydrogen-bond acceptors (Lipinski definition) is 3. The van der Waals surface area contributed by atoms with E-state index in [1.165, 1.54) is 5.56 Å². The first-order valence-corrected chi connectivity index (χ1v) is 5.77. The highest BCUT2D eigenvalue weighted by atomic mass is 15.3. The number of aryl methyl sites for hydroxylation is 3. The van der Waals surface area contributed by atoms with E-state index < -0.39 is 0 Å². The van der Waals surface area contributed by atoms with Gasteiger partial charge in [-0.3, -0.25) is 4.68 Å². The number of para-hydroxylation sites is 1. The van der Waals surface area contributed by atoms with Crippen molar-refractivity contribution in [2.75, 3.05) is 11.1 Å². The molecule has 0 aliphatic rings. The van der Waals surface area contributed by atoms with Gasteiger partial charge in [0.15, 0.2) is 5.82 Å². The van der Waals surface area contributed by atoms with Crippen LogP contribution in [0.2, 0.25) is 0 Å². The molecule has 0 unspecified atom stereocenters. The van der Waals surface area contributed by atoms with E-state index in [1.807, 2.05) is 25.2 Å². The maximum atomic E-state index is 6.07. The first-order valence-electron chi connectivity index (χ1n) is 5.77. The zero-order valence-electron chi connectivity index (χ0n) is 10.5. The summed E-state index contributed by atoms with van der Waals surface area (Å²) in [6, 6.07) is 8.12. The molecule has 0 aliphatic heterocycles. The summed E-state index contributed by atoms with van der Waals surface area (Å²) >= 11 is 0. The van der Waals surface area contributed by atoms with Crippen LogP contribution in [0.4, 0.5) is 17.2 Å². The highest BCUT2D eigenvalue weighted by molar-refractivity contribution is 5.72. The molecule has 17 heavy (non-hydrogen) atoms. The molecule has 0 aliphatic carbocycles. The van der Waals surface area contributed by atoms with Crippen molar-refractivity contribution < 1.29 is 0 Å². The molecule has 2 aromatic rings. The number of nitrogens with two attached hydrogens (primary N) is 1. The minimum atomic E-state index is 0.734. The standard InChI is InChI=1S/C13H18N4/c1-4-10-12(14)13(17(3)16-10)15-11-8-6-5-7-9(11)2/h5-8,15H,4,14H2,1-3H3. The molecule has 1 heterocycles. The summed E-state index contributed by atoms with van der Waals surface area (Å²) in [5.74, 6) is 0.858. The number of nitrogens with zero attached hydrogens (tertiary/aromatic N) is 2. The molecule has 0 bridgehead atoms. The lowest BCUT2D eigenvalue weighted by Gasteiger charge is -2.10. The lowest BCUT2D eigenvalue weighted by Crippen LogP contribution is -2.02. The van der Waals surface area contributed by atoms with Crippen molar-refractivity contribution in [2.45, 2.75) is 20.3 Å². The molecule has 0 amide bonds. The highest BCUT2D eigenvalue weighted by Crippen LogP contribution is 2.27. The van der Waals surface area contributed by atoms with Crippen LogP contribution < -0.4 is 11.1 Å². The lowest BCUT2D eigenvalue weighted by molar-refractivity contribution is 0.753. The fraction of sp³-hybridized carbons (Fsp3) is 0.308. The molecule has 0 saturated carbocycles. The van der Waals surface area contributed by atoms with Crippen LogP contribution in [0, 0.1) is 6.92 Å². The first kappa shape index (κ1) is 11.5. The summed E-state index contributed by atoms with van der Waals surface area (Å²) in [6.07, 6.45) is 0.842. The molecular formula is C13H18N4. The van der Waals surface area contributed by atoms with Crippen molar-refractivity contribution in [1.82, 2.24) is 9.78 Å². The molecule has 2 rings (SSSR count). The van der Waals surface area contributed by atoms with Crippen LogP contribution in [0.5, 0.6) is 0 Å². The van der Waals surface area contributed by atoms with Gasteiger partial charge in [0.2, 0.25) is 0 Å². The van der Waals surface area contributed by atoms with Crippen LogP contribution in [-0.4, -0.2) is 9.78 Å². The molecule has 4 nitrogen and oxygen atoms in total. The number of hydrogen-bond donors (Lipinski definition) is 2. The smallest absolute Gasteiger partial charge is 0.152 e. The summed E-state index contributed by atoms with van der Waals surface area (Å²) < 4.78 is 1.79. The quantitative estimate of drug-likeness (QED) is 0.852. The zero-order chi connectivity index (χ0) is 12.4. The topological polar surface area (TPSA) is 55.9 Å². The maximum Gasteiger partial charge on any atom is 0.152 e. The Morgan fingerprint density at radius 3 is 2.65 bits per heavy atom. The molecule has 0 radical (unpaired) electrons. The summed E-state index contributed by atoms with van der Waals surface area (Å²) in [6.45, 7) is 4.12. The normalized spacial score (nSPS) is 10.5. The Bertz CT molecular complexity index is 528. The largest absolute Gasteiger partial charge is 0.394 e. The molecule has 0 saturated heterocycles. The van der Waals surface area contributed by atoms with Crippen LogP contribution >= 0.6 is 0 Å². The number of nitrogen functional groups attached to an aromatic ring is 1. The van der Waals surface area contributed by atoms with Crippen LogP contribution in [0.3, 0.4) is 0 Å². The number of benzene rings is 1. The Morgan fingerprint density at radius 1 is 1.35 bits per heavy atom. The lowest BCUT2D eigenvalue weighted by atomic mass is 10.2. The Morgan fingerprint density at radius 2 is 2.06 bits per heavy atom. The molecule has 0 fully saturated rings. The number of aromatic nitrogens is 2. The molecule has 1 aromatic carbocycles. The van der Waals surface area contributed by atoms with Crippen molar-refractivity contribution in [3.05, 3.63) is 35.5 Å². The van der Waals surface area contributed by atoms with Gasteiger partial charge in [-0.1, -0.05) is 25.1 Å². The second kappa shape index (κ2) is 4.49. The number of anilines is 3. The van der Waals surface area contributed by atoms with Crippen molar-refractivity contribution in [3.63, 3.8) is 0 Å². The van der Waals surface area contributed by atoms with E-state index in [0.717, 1.165) is 29.3 Å². The van der Waals surface area contributed by atoms with Crippen LogP contribution in [0.25, 0.3) is 0 Å². The van der Waals surface area contributed by atoms with Crippen LogP contribution in [0.15, 0.2) is 24.3 Å². The molecule has 3 N–H and O–H groups in total. The van der Waals surface area contributed by atoms with Gasteiger partial charge in [0.25, 0.3) is 0 Å². The second-order valence-corrected chi connectivity index (χ2v) is 4.13. The third-order valence-corrected chi connectivity index (χ3v) is 2.89.